The van der Waals surface area contributed by atoms with Crippen molar-refractivity contribution in [2.75, 3.05) is 14.1 Å². The number of hydrogen-bond acceptors (Lipinski definition) is 3. The molecule has 1 atom stereocenters. The summed E-state index contributed by atoms with van der Waals surface area (Å²) in [7, 11) is 3.84. The Morgan fingerprint density at radius 3 is 2.70 bits per heavy atom. The predicted molar refractivity (Wildman–Crippen MR) is 37.4 cm³/mol. The van der Waals surface area contributed by atoms with E-state index in [4.69, 9.17) is 4.74 Å². The van der Waals surface area contributed by atoms with Crippen LogP contribution in [0.5, 0.6) is 0 Å². The maximum absolute atomic E-state index is 10.7. The maximum atomic E-state index is 10.7. The lowest BCUT2D eigenvalue weighted by atomic mass is 10.2. The monoisotopic (exact) mass is 143 g/mol. The second kappa shape index (κ2) is 3.01. The predicted octanol–water partition coefficient (Wildman–Crippen LogP) is 0.601. The molecule has 0 bridgehead atoms. The molecule has 3 heteroatoms. The Morgan fingerprint density at radius 1 is 1.60 bits per heavy atom. The maximum Gasteiger partial charge on any atom is 0.307 e. The summed E-state index contributed by atoms with van der Waals surface area (Å²) in [6.07, 6.45) is 2.53. The Morgan fingerprint density at radius 2 is 2.30 bits per heavy atom. The highest BCUT2D eigenvalue weighted by Gasteiger charge is 2.21. The Balaban J connectivity index is 2.39. The molecule has 1 heterocycles. The quantitative estimate of drug-likeness (QED) is 0.503. The standard InChI is InChI=1S/C7H13NO2/c1-8(2)6-4-3-5-7(9)10-6/h6H,3-5H2,1-2H3. The van der Waals surface area contributed by atoms with Crippen molar-refractivity contribution in [1.29, 1.82) is 0 Å². The second-order valence-electron chi connectivity index (χ2n) is 2.80. The van der Waals surface area contributed by atoms with Gasteiger partial charge in [0.1, 0.15) is 0 Å². The molecule has 1 rings (SSSR count). The average molecular weight is 143 g/mol. The van der Waals surface area contributed by atoms with Crippen molar-refractivity contribution >= 4 is 5.97 Å². The van der Waals surface area contributed by atoms with Crippen molar-refractivity contribution in [2.24, 2.45) is 0 Å². The van der Waals surface area contributed by atoms with Crippen LogP contribution in [0.3, 0.4) is 0 Å². The van der Waals surface area contributed by atoms with Crippen LogP contribution < -0.4 is 0 Å². The minimum atomic E-state index is -0.0649. The van der Waals surface area contributed by atoms with Gasteiger partial charge in [-0.15, -0.1) is 0 Å². The lowest BCUT2D eigenvalue weighted by Gasteiger charge is -2.27. The van der Waals surface area contributed by atoms with Gasteiger partial charge < -0.3 is 4.74 Å². The molecule has 0 aromatic rings. The van der Waals surface area contributed by atoms with Crippen LogP contribution in [0.4, 0.5) is 0 Å². The highest BCUT2D eigenvalue weighted by molar-refractivity contribution is 5.70. The van der Waals surface area contributed by atoms with E-state index in [1.165, 1.54) is 0 Å². The summed E-state index contributed by atoms with van der Waals surface area (Å²) in [5, 5.41) is 0. The Hall–Kier alpha value is -0.570. The van der Waals surface area contributed by atoms with Crippen LogP contribution in [0.15, 0.2) is 0 Å². The first-order valence-corrected chi connectivity index (χ1v) is 3.56. The number of carbonyl (C=O) groups is 1. The van der Waals surface area contributed by atoms with E-state index in [0.29, 0.717) is 6.42 Å². The molecule has 0 aromatic carbocycles. The largest absolute Gasteiger partial charge is 0.446 e. The summed E-state index contributed by atoms with van der Waals surface area (Å²) in [5.41, 5.74) is 0. The molecular weight excluding hydrogens is 130 g/mol. The van der Waals surface area contributed by atoms with Crippen LogP contribution in [0.25, 0.3) is 0 Å². The first-order valence-electron chi connectivity index (χ1n) is 3.56. The lowest BCUT2D eigenvalue weighted by Crippen LogP contribution is -2.35. The number of hydrogen-bond donors (Lipinski definition) is 0. The molecule has 58 valence electrons. The molecule has 1 unspecified atom stereocenters. The third kappa shape index (κ3) is 1.70. The Kier molecular flexibility index (Phi) is 2.27. The highest BCUT2D eigenvalue weighted by Crippen LogP contribution is 2.14. The molecule has 1 aliphatic rings. The number of esters is 1. The minimum Gasteiger partial charge on any atom is -0.446 e. The van der Waals surface area contributed by atoms with E-state index in [9.17, 15) is 4.79 Å². The first-order chi connectivity index (χ1) is 4.70. The van der Waals surface area contributed by atoms with Gasteiger partial charge in [-0.2, -0.15) is 0 Å². The molecule has 0 spiro atoms. The third-order valence-corrected chi connectivity index (χ3v) is 1.68. The van der Waals surface area contributed by atoms with Crippen LogP contribution in [0, 0.1) is 0 Å². The summed E-state index contributed by atoms with van der Waals surface area (Å²) in [5.74, 6) is -0.0649. The first kappa shape index (κ1) is 7.54. The Bertz CT molecular complexity index is 134. The summed E-state index contributed by atoms with van der Waals surface area (Å²) in [6, 6.07) is 0. The van der Waals surface area contributed by atoms with Crippen LogP contribution in [-0.2, 0) is 9.53 Å². The van der Waals surface area contributed by atoms with E-state index in [1.54, 1.807) is 0 Å². The zero-order valence-electron chi connectivity index (χ0n) is 6.46. The molecule has 1 aliphatic heterocycles. The molecule has 3 nitrogen and oxygen atoms in total. The van der Waals surface area contributed by atoms with E-state index in [1.807, 2.05) is 19.0 Å². The van der Waals surface area contributed by atoms with Gasteiger partial charge >= 0.3 is 5.97 Å². The molecule has 0 amide bonds. The van der Waals surface area contributed by atoms with Gasteiger partial charge in [0.15, 0.2) is 6.23 Å². The number of nitrogens with zero attached hydrogens (tertiary/aromatic N) is 1. The van der Waals surface area contributed by atoms with Gasteiger partial charge in [-0.1, -0.05) is 0 Å². The van der Waals surface area contributed by atoms with Gasteiger partial charge in [-0.05, 0) is 26.9 Å². The van der Waals surface area contributed by atoms with Crippen molar-refractivity contribution in [2.45, 2.75) is 25.5 Å². The topological polar surface area (TPSA) is 29.5 Å². The average Bonchev–Trinajstić information content (AvgIpc) is 1.88. The molecule has 0 saturated carbocycles. The fourth-order valence-electron chi connectivity index (χ4n) is 1.05. The highest BCUT2D eigenvalue weighted by atomic mass is 16.6. The number of cyclic esters (lactones) is 1. The summed E-state index contributed by atoms with van der Waals surface area (Å²) >= 11 is 0. The lowest BCUT2D eigenvalue weighted by molar-refractivity contribution is -0.163. The number of ether oxygens (including phenoxy) is 1. The molecular formula is C7H13NO2. The van der Waals surface area contributed by atoms with Crippen LogP contribution in [-0.4, -0.2) is 31.2 Å². The van der Waals surface area contributed by atoms with Crippen molar-refractivity contribution in [1.82, 2.24) is 4.90 Å². The van der Waals surface area contributed by atoms with Crippen LogP contribution in [0.1, 0.15) is 19.3 Å². The van der Waals surface area contributed by atoms with Crippen molar-refractivity contribution < 1.29 is 9.53 Å². The zero-order chi connectivity index (χ0) is 7.56. The van der Waals surface area contributed by atoms with Gasteiger partial charge in [0, 0.05) is 6.42 Å². The summed E-state index contributed by atoms with van der Waals surface area (Å²) < 4.78 is 5.03. The van der Waals surface area contributed by atoms with E-state index in [2.05, 4.69) is 0 Å². The molecule has 10 heavy (non-hydrogen) atoms. The van der Waals surface area contributed by atoms with Gasteiger partial charge in [-0.3, -0.25) is 9.69 Å². The van der Waals surface area contributed by atoms with Gasteiger partial charge in [-0.25, -0.2) is 0 Å². The van der Waals surface area contributed by atoms with Gasteiger partial charge in [0.25, 0.3) is 0 Å². The van der Waals surface area contributed by atoms with Crippen molar-refractivity contribution in [3.05, 3.63) is 0 Å². The molecule has 0 N–H and O–H groups in total. The fourth-order valence-corrected chi connectivity index (χ4v) is 1.05. The van der Waals surface area contributed by atoms with E-state index in [0.717, 1.165) is 12.8 Å². The zero-order valence-corrected chi connectivity index (χ0v) is 6.46. The number of rotatable bonds is 1. The molecule has 0 aliphatic carbocycles. The molecule has 1 saturated heterocycles. The summed E-state index contributed by atoms with van der Waals surface area (Å²) in [6.45, 7) is 0. The minimum absolute atomic E-state index is 0.0150. The van der Waals surface area contributed by atoms with Gasteiger partial charge in [0.2, 0.25) is 0 Å². The van der Waals surface area contributed by atoms with Crippen LogP contribution >= 0.6 is 0 Å². The van der Waals surface area contributed by atoms with Crippen LogP contribution in [0.2, 0.25) is 0 Å². The third-order valence-electron chi connectivity index (χ3n) is 1.68. The normalized spacial score (nSPS) is 26.7. The van der Waals surface area contributed by atoms with E-state index < -0.39 is 0 Å². The SMILES string of the molecule is CN(C)C1CCCC(=O)O1. The Labute approximate surface area is 61.0 Å². The number of carbonyl (C=O) groups excluding carboxylic acids is 1. The van der Waals surface area contributed by atoms with E-state index in [-0.39, 0.29) is 12.2 Å². The molecule has 1 fully saturated rings. The van der Waals surface area contributed by atoms with Gasteiger partial charge in [0.05, 0.1) is 0 Å². The molecule has 0 aromatic heterocycles. The smallest absolute Gasteiger partial charge is 0.307 e. The summed E-state index contributed by atoms with van der Waals surface area (Å²) in [4.78, 5) is 12.7. The second-order valence-corrected chi connectivity index (χ2v) is 2.80. The van der Waals surface area contributed by atoms with Crippen molar-refractivity contribution in [3.8, 4) is 0 Å². The fraction of sp³-hybridized carbons (Fsp3) is 0.857. The van der Waals surface area contributed by atoms with Crippen molar-refractivity contribution in [3.63, 3.8) is 0 Å². The molecule has 0 radical (unpaired) electrons. The van der Waals surface area contributed by atoms with E-state index >= 15 is 0 Å².